The molecule has 2 aliphatic rings. The minimum absolute atomic E-state index is 0.0425. The summed E-state index contributed by atoms with van der Waals surface area (Å²) < 4.78 is 24.9. The monoisotopic (exact) mass is 498 g/mol. The van der Waals surface area contributed by atoms with Crippen LogP contribution in [0.4, 0.5) is 0 Å². The van der Waals surface area contributed by atoms with Gasteiger partial charge in [0.05, 0.1) is 11.7 Å². The third-order valence-corrected chi connectivity index (χ3v) is 8.36. The molecule has 0 aromatic heterocycles. The van der Waals surface area contributed by atoms with E-state index in [1.807, 2.05) is 6.08 Å². The number of hydrogen-bond acceptors (Lipinski definition) is 6. The minimum Gasteiger partial charge on any atom is -0.481 e. The number of ether oxygens (including phenoxy) is 3. The molecule has 0 amide bonds. The quantitative estimate of drug-likeness (QED) is 0.179. The van der Waals surface area contributed by atoms with E-state index >= 15 is 0 Å². The van der Waals surface area contributed by atoms with E-state index in [9.17, 15) is 9.59 Å². The van der Waals surface area contributed by atoms with Crippen LogP contribution >= 0.6 is 0 Å². The molecule has 34 heavy (non-hydrogen) atoms. The Bertz CT molecular complexity index is 679. The summed E-state index contributed by atoms with van der Waals surface area (Å²) >= 11 is 0. The molecule has 7 nitrogen and oxygen atoms in total. The van der Waals surface area contributed by atoms with Crippen molar-refractivity contribution in [1.29, 1.82) is 0 Å². The maximum atomic E-state index is 11.9. The second-order valence-corrected chi connectivity index (χ2v) is 14.2. The Hall–Kier alpha value is -1.22. The molecule has 0 radical (unpaired) electrons. The van der Waals surface area contributed by atoms with Gasteiger partial charge in [-0.1, -0.05) is 32.9 Å². The number of aliphatic carboxylic acids is 1. The van der Waals surface area contributed by atoms with Gasteiger partial charge in [-0.3, -0.25) is 9.59 Å². The standard InChI is InChI=1S/C26H46O7Si/c1-18(27)31-20-17-21(32-23-15-11-12-16-30-23)24(26(5,6)33-34-25(2,3)4)19(20)13-9-7-8-10-14-22(28)29/h7,9,19-21,23-24H,8,10-17,34H2,1-6H3,(H,28,29)/b9-7-. The van der Waals surface area contributed by atoms with Gasteiger partial charge < -0.3 is 23.7 Å². The highest BCUT2D eigenvalue weighted by molar-refractivity contribution is 6.31. The molecule has 0 spiro atoms. The van der Waals surface area contributed by atoms with Crippen molar-refractivity contribution in [2.75, 3.05) is 6.61 Å². The summed E-state index contributed by atoms with van der Waals surface area (Å²) in [5, 5.41) is 9.01. The van der Waals surface area contributed by atoms with Gasteiger partial charge in [-0.05, 0) is 57.4 Å². The fourth-order valence-corrected chi connectivity index (χ4v) is 6.06. The number of carbonyl (C=O) groups excluding carboxylic acids is 1. The number of unbranched alkanes of at least 4 members (excludes halogenated alkanes) is 1. The second-order valence-electron chi connectivity index (χ2n) is 11.5. The zero-order chi connectivity index (χ0) is 25.4. The maximum Gasteiger partial charge on any atom is 0.303 e. The highest BCUT2D eigenvalue weighted by Gasteiger charge is 2.53. The minimum atomic E-state index is -0.810. The molecular formula is C26H46O7Si. The molecule has 1 aliphatic heterocycles. The van der Waals surface area contributed by atoms with Crippen molar-refractivity contribution >= 4 is 21.7 Å². The van der Waals surface area contributed by atoms with E-state index in [1.54, 1.807) is 0 Å². The maximum absolute atomic E-state index is 11.9. The van der Waals surface area contributed by atoms with Gasteiger partial charge in [0.1, 0.15) is 6.10 Å². The molecular weight excluding hydrogens is 452 g/mol. The molecule has 196 valence electrons. The van der Waals surface area contributed by atoms with E-state index in [2.05, 4.69) is 40.7 Å². The Morgan fingerprint density at radius 1 is 1.12 bits per heavy atom. The summed E-state index contributed by atoms with van der Waals surface area (Å²) in [6, 6.07) is 0. The average molecular weight is 499 g/mol. The lowest BCUT2D eigenvalue weighted by atomic mass is 9.79. The fourth-order valence-electron chi connectivity index (χ4n) is 5.06. The zero-order valence-electron chi connectivity index (χ0n) is 22.0. The van der Waals surface area contributed by atoms with Gasteiger partial charge >= 0.3 is 11.9 Å². The van der Waals surface area contributed by atoms with Crippen LogP contribution in [0.2, 0.25) is 5.04 Å². The molecule has 1 heterocycles. The molecule has 1 saturated carbocycles. The number of allylic oxidation sites excluding steroid dienone is 2. The van der Waals surface area contributed by atoms with Crippen LogP contribution in [0, 0.1) is 11.8 Å². The average Bonchev–Trinajstić information content (AvgIpc) is 3.06. The van der Waals surface area contributed by atoms with E-state index in [0.717, 1.165) is 32.3 Å². The molecule has 1 N–H and O–H groups in total. The Labute approximate surface area is 207 Å². The van der Waals surface area contributed by atoms with Gasteiger partial charge in [-0.2, -0.15) is 0 Å². The number of hydrogen-bond donors (Lipinski definition) is 1. The van der Waals surface area contributed by atoms with Gasteiger partial charge in [0.2, 0.25) is 0 Å². The van der Waals surface area contributed by atoms with Gasteiger partial charge in [0.25, 0.3) is 0 Å². The molecule has 0 aromatic carbocycles. The van der Waals surface area contributed by atoms with Crippen molar-refractivity contribution in [1.82, 2.24) is 0 Å². The van der Waals surface area contributed by atoms with Crippen LogP contribution < -0.4 is 0 Å². The molecule has 0 bridgehead atoms. The highest BCUT2D eigenvalue weighted by atomic mass is 28.2. The molecule has 2 rings (SSSR count). The highest BCUT2D eigenvalue weighted by Crippen LogP contribution is 2.47. The van der Waals surface area contributed by atoms with Crippen molar-refractivity contribution in [3.63, 3.8) is 0 Å². The number of esters is 1. The van der Waals surface area contributed by atoms with Crippen molar-refractivity contribution in [2.24, 2.45) is 11.8 Å². The van der Waals surface area contributed by atoms with E-state index in [4.69, 9.17) is 23.7 Å². The Balaban J connectivity index is 2.22. The topological polar surface area (TPSA) is 91.3 Å². The van der Waals surface area contributed by atoms with Crippen LogP contribution in [-0.2, 0) is 28.2 Å². The first-order valence-electron chi connectivity index (χ1n) is 12.8. The molecule has 2 fully saturated rings. The molecule has 5 atom stereocenters. The lowest BCUT2D eigenvalue weighted by Gasteiger charge is -2.41. The van der Waals surface area contributed by atoms with Gasteiger partial charge in [0, 0.05) is 38.2 Å². The summed E-state index contributed by atoms with van der Waals surface area (Å²) in [4.78, 5) is 22.7. The second kappa shape index (κ2) is 13.2. The predicted octanol–water partition coefficient (Wildman–Crippen LogP) is 4.76. The molecule has 0 aromatic rings. The van der Waals surface area contributed by atoms with Crippen LogP contribution in [0.5, 0.6) is 0 Å². The number of carbonyl (C=O) groups is 2. The molecule has 1 aliphatic carbocycles. The van der Waals surface area contributed by atoms with Crippen LogP contribution in [0.25, 0.3) is 0 Å². The zero-order valence-corrected chi connectivity index (χ0v) is 23.4. The molecule has 1 saturated heterocycles. The molecule has 8 heteroatoms. The SMILES string of the molecule is CC(=O)OC1CC(OC2CCCCO2)C(C(C)(C)O[SiH2]C(C)(C)C)C1C/C=C\CCCC(=O)O. The fraction of sp³-hybridized carbons (Fsp3) is 0.846. The Morgan fingerprint density at radius 3 is 2.44 bits per heavy atom. The van der Waals surface area contributed by atoms with E-state index in [0.29, 0.717) is 19.3 Å². The Kier molecular flexibility index (Phi) is 11.3. The lowest BCUT2D eigenvalue weighted by molar-refractivity contribution is -0.207. The lowest BCUT2D eigenvalue weighted by Crippen LogP contribution is -2.46. The van der Waals surface area contributed by atoms with E-state index in [1.165, 1.54) is 6.92 Å². The van der Waals surface area contributed by atoms with E-state index in [-0.39, 0.29) is 47.8 Å². The predicted molar refractivity (Wildman–Crippen MR) is 134 cm³/mol. The van der Waals surface area contributed by atoms with E-state index < -0.39 is 21.3 Å². The van der Waals surface area contributed by atoms with Gasteiger partial charge in [-0.15, -0.1) is 0 Å². The first-order chi connectivity index (χ1) is 15.9. The number of carboxylic acids is 1. The number of carboxylic acid groups (broad SMARTS) is 1. The van der Waals surface area contributed by atoms with Crippen molar-refractivity contribution in [3.05, 3.63) is 12.2 Å². The van der Waals surface area contributed by atoms with Crippen molar-refractivity contribution in [3.8, 4) is 0 Å². The first-order valence-corrected chi connectivity index (χ1v) is 14.1. The van der Waals surface area contributed by atoms with Crippen LogP contribution in [-0.4, -0.2) is 57.5 Å². The van der Waals surface area contributed by atoms with Gasteiger partial charge in [-0.25, -0.2) is 0 Å². The van der Waals surface area contributed by atoms with Gasteiger partial charge in [0.15, 0.2) is 16.1 Å². The van der Waals surface area contributed by atoms with Crippen molar-refractivity contribution < 1.29 is 33.3 Å². The largest absolute Gasteiger partial charge is 0.481 e. The summed E-state index contributed by atoms with van der Waals surface area (Å²) in [6.07, 6.45) is 9.44. The summed E-state index contributed by atoms with van der Waals surface area (Å²) in [6.45, 7) is 13.1. The third-order valence-electron chi connectivity index (χ3n) is 6.60. The summed E-state index contributed by atoms with van der Waals surface area (Å²) in [5.41, 5.74) is -0.435. The van der Waals surface area contributed by atoms with Crippen molar-refractivity contribution in [2.45, 2.75) is 122 Å². The Morgan fingerprint density at radius 2 is 1.85 bits per heavy atom. The summed E-state index contributed by atoms with van der Waals surface area (Å²) in [5.74, 6) is -0.958. The first kappa shape index (κ1) is 29.0. The molecule has 5 unspecified atom stereocenters. The normalized spacial score (nSPS) is 28.7. The summed E-state index contributed by atoms with van der Waals surface area (Å²) in [7, 11) is -0.810. The third kappa shape index (κ3) is 9.80. The smallest absolute Gasteiger partial charge is 0.303 e. The van der Waals surface area contributed by atoms with Crippen LogP contribution in [0.3, 0.4) is 0 Å². The van der Waals surface area contributed by atoms with Crippen LogP contribution in [0.1, 0.15) is 92.9 Å². The van der Waals surface area contributed by atoms with Crippen LogP contribution in [0.15, 0.2) is 12.2 Å². The number of rotatable bonds is 12.